The molecule has 0 amide bonds. The first-order chi connectivity index (χ1) is 10.0. The monoisotopic (exact) mass is 287 g/mol. The van der Waals surface area contributed by atoms with Gasteiger partial charge in [-0.1, -0.05) is 56.3 Å². The van der Waals surface area contributed by atoms with E-state index in [0.29, 0.717) is 6.54 Å². The lowest BCUT2D eigenvalue weighted by molar-refractivity contribution is 0.179. The number of nitrogens with two attached hydrogens (primary N) is 1. The third-order valence-electron chi connectivity index (χ3n) is 3.65. The molecule has 0 aliphatic carbocycles. The van der Waals surface area contributed by atoms with E-state index in [-0.39, 0.29) is 5.41 Å². The van der Waals surface area contributed by atoms with Crippen LogP contribution in [0.3, 0.4) is 0 Å². The smallest absolute Gasteiger partial charge is 0.167 e. The summed E-state index contributed by atoms with van der Waals surface area (Å²) in [4.78, 5) is 2.35. The number of benzene rings is 1. The Morgan fingerprint density at radius 3 is 2.57 bits per heavy atom. The van der Waals surface area contributed by atoms with E-state index in [2.05, 4.69) is 30.8 Å². The second-order valence-electron chi connectivity index (χ2n) is 6.22. The molecule has 4 heteroatoms. The minimum atomic E-state index is 0.113. The average Bonchev–Trinajstić information content (AvgIpc) is 2.96. The molecule has 0 saturated carbocycles. The third kappa shape index (κ3) is 4.41. The molecule has 2 aromatic rings. The highest BCUT2D eigenvalue weighted by atomic mass is 16.5. The van der Waals surface area contributed by atoms with E-state index in [1.54, 1.807) is 0 Å². The molecule has 4 nitrogen and oxygen atoms in total. The number of nitrogens with zero attached hydrogens (tertiary/aromatic N) is 2. The normalized spacial score (nSPS) is 12.0. The van der Waals surface area contributed by atoms with E-state index in [9.17, 15) is 0 Å². The lowest BCUT2D eigenvalue weighted by Gasteiger charge is -2.30. The summed E-state index contributed by atoms with van der Waals surface area (Å²) in [7, 11) is 0. The van der Waals surface area contributed by atoms with Crippen molar-refractivity contribution in [2.75, 3.05) is 19.6 Å². The van der Waals surface area contributed by atoms with Crippen LogP contribution in [0.2, 0.25) is 0 Å². The summed E-state index contributed by atoms with van der Waals surface area (Å²) in [6.45, 7) is 9.92. The van der Waals surface area contributed by atoms with Gasteiger partial charge in [-0.2, -0.15) is 0 Å². The van der Waals surface area contributed by atoms with Gasteiger partial charge in [0.2, 0.25) is 0 Å². The van der Waals surface area contributed by atoms with E-state index in [0.717, 1.165) is 36.7 Å². The summed E-state index contributed by atoms with van der Waals surface area (Å²) >= 11 is 0. The Hall–Kier alpha value is -1.65. The predicted octanol–water partition coefficient (Wildman–Crippen LogP) is 3.15. The summed E-state index contributed by atoms with van der Waals surface area (Å²) < 4.78 is 5.45. The fraction of sp³-hybridized carbons (Fsp3) is 0.471. The molecule has 0 aliphatic heterocycles. The molecular formula is C17H25N3O. The van der Waals surface area contributed by atoms with Gasteiger partial charge in [-0.25, -0.2) is 0 Å². The first-order valence-electron chi connectivity index (χ1n) is 7.47. The molecule has 2 rings (SSSR count). The SMILES string of the molecule is CCN(Cc1cc(-c2ccccc2)on1)CC(C)(C)CN. The van der Waals surface area contributed by atoms with Gasteiger partial charge in [-0.15, -0.1) is 0 Å². The van der Waals surface area contributed by atoms with Crippen molar-refractivity contribution in [2.45, 2.75) is 27.3 Å². The van der Waals surface area contributed by atoms with Crippen molar-refractivity contribution in [3.8, 4) is 11.3 Å². The van der Waals surface area contributed by atoms with Crippen molar-refractivity contribution in [3.63, 3.8) is 0 Å². The maximum Gasteiger partial charge on any atom is 0.167 e. The first kappa shape index (κ1) is 15.7. The van der Waals surface area contributed by atoms with Crippen LogP contribution in [0.5, 0.6) is 0 Å². The highest BCUT2D eigenvalue weighted by molar-refractivity contribution is 5.56. The van der Waals surface area contributed by atoms with Gasteiger partial charge >= 0.3 is 0 Å². The average molecular weight is 287 g/mol. The van der Waals surface area contributed by atoms with Crippen LogP contribution in [0.4, 0.5) is 0 Å². The van der Waals surface area contributed by atoms with Gasteiger partial charge in [0.15, 0.2) is 5.76 Å². The molecular weight excluding hydrogens is 262 g/mol. The summed E-state index contributed by atoms with van der Waals surface area (Å²) in [5.74, 6) is 0.819. The fourth-order valence-corrected chi connectivity index (χ4v) is 2.30. The maximum atomic E-state index is 5.82. The number of hydrogen-bond donors (Lipinski definition) is 1. The summed E-state index contributed by atoms with van der Waals surface area (Å²) in [6, 6.07) is 12.1. The van der Waals surface area contributed by atoms with Gasteiger partial charge in [0.25, 0.3) is 0 Å². The van der Waals surface area contributed by atoms with Crippen molar-refractivity contribution in [1.82, 2.24) is 10.1 Å². The Kier molecular flexibility index (Phi) is 5.15. The van der Waals surface area contributed by atoms with Crippen LogP contribution in [-0.2, 0) is 6.54 Å². The fourth-order valence-electron chi connectivity index (χ4n) is 2.30. The molecule has 0 radical (unpaired) electrons. The second-order valence-corrected chi connectivity index (χ2v) is 6.22. The van der Waals surface area contributed by atoms with E-state index in [1.807, 2.05) is 36.4 Å². The van der Waals surface area contributed by atoms with E-state index in [1.165, 1.54) is 0 Å². The van der Waals surface area contributed by atoms with Crippen LogP contribution in [-0.4, -0.2) is 29.7 Å². The predicted molar refractivity (Wildman–Crippen MR) is 85.7 cm³/mol. The molecule has 1 aromatic heterocycles. The van der Waals surface area contributed by atoms with Crippen molar-refractivity contribution in [2.24, 2.45) is 11.1 Å². The summed E-state index contributed by atoms with van der Waals surface area (Å²) in [5.41, 5.74) is 7.95. The van der Waals surface area contributed by atoms with Crippen LogP contribution in [0.1, 0.15) is 26.5 Å². The van der Waals surface area contributed by atoms with Crippen molar-refractivity contribution in [1.29, 1.82) is 0 Å². The second kappa shape index (κ2) is 6.87. The number of rotatable bonds is 7. The Balaban J connectivity index is 2.04. The molecule has 2 N–H and O–H groups in total. The van der Waals surface area contributed by atoms with Crippen LogP contribution >= 0.6 is 0 Å². The van der Waals surface area contributed by atoms with Gasteiger partial charge in [0.05, 0.1) is 5.69 Å². The molecule has 0 fully saturated rings. The van der Waals surface area contributed by atoms with E-state index in [4.69, 9.17) is 10.3 Å². The van der Waals surface area contributed by atoms with Crippen LogP contribution in [0.25, 0.3) is 11.3 Å². The topological polar surface area (TPSA) is 55.3 Å². The molecule has 0 spiro atoms. The van der Waals surface area contributed by atoms with Gasteiger partial charge in [-0.3, -0.25) is 4.90 Å². The molecule has 0 saturated heterocycles. The van der Waals surface area contributed by atoms with Crippen LogP contribution in [0, 0.1) is 5.41 Å². The first-order valence-corrected chi connectivity index (χ1v) is 7.47. The Labute approximate surface area is 126 Å². The molecule has 1 heterocycles. The number of hydrogen-bond acceptors (Lipinski definition) is 4. The van der Waals surface area contributed by atoms with E-state index >= 15 is 0 Å². The van der Waals surface area contributed by atoms with Gasteiger partial charge in [0.1, 0.15) is 0 Å². The zero-order valence-corrected chi connectivity index (χ0v) is 13.2. The van der Waals surface area contributed by atoms with Crippen molar-refractivity contribution >= 4 is 0 Å². The zero-order chi connectivity index (χ0) is 15.3. The Morgan fingerprint density at radius 2 is 1.95 bits per heavy atom. The molecule has 0 atom stereocenters. The maximum absolute atomic E-state index is 5.82. The molecule has 114 valence electrons. The lowest BCUT2D eigenvalue weighted by Crippen LogP contribution is -2.38. The number of aromatic nitrogens is 1. The summed E-state index contributed by atoms with van der Waals surface area (Å²) in [5, 5.41) is 4.19. The molecule has 0 unspecified atom stereocenters. The third-order valence-corrected chi connectivity index (χ3v) is 3.65. The summed E-state index contributed by atoms with van der Waals surface area (Å²) in [6.07, 6.45) is 0. The lowest BCUT2D eigenvalue weighted by atomic mass is 9.93. The van der Waals surface area contributed by atoms with Crippen molar-refractivity contribution in [3.05, 3.63) is 42.1 Å². The van der Waals surface area contributed by atoms with Crippen molar-refractivity contribution < 1.29 is 4.52 Å². The molecule has 0 bridgehead atoms. The molecule has 21 heavy (non-hydrogen) atoms. The van der Waals surface area contributed by atoms with Gasteiger partial charge < -0.3 is 10.3 Å². The highest BCUT2D eigenvalue weighted by Gasteiger charge is 2.20. The standard InChI is InChI=1S/C17H25N3O/c1-4-20(13-17(2,3)12-18)11-15-10-16(21-19-15)14-8-6-5-7-9-14/h5-10H,4,11-13,18H2,1-3H3. The van der Waals surface area contributed by atoms with Gasteiger partial charge in [0, 0.05) is 24.7 Å². The molecule has 0 aliphatic rings. The van der Waals surface area contributed by atoms with Crippen LogP contribution < -0.4 is 5.73 Å². The largest absolute Gasteiger partial charge is 0.356 e. The van der Waals surface area contributed by atoms with Crippen LogP contribution in [0.15, 0.2) is 40.9 Å². The molecule has 1 aromatic carbocycles. The van der Waals surface area contributed by atoms with Gasteiger partial charge in [-0.05, 0) is 18.5 Å². The minimum Gasteiger partial charge on any atom is -0.356 e. The Bertz CT molecular complexity index is 548. The van der Waals surface area contributed by atoms with E-state index < -0.39 is 0 Å². The zero-order valence-electron chi connectivity index (χ0n) is 13.2. The Morgan fingerprint density at radius 1 is 1.24 bits per heavy atom. The quantitative estimate of drug-likeness (QED) is 0.850. The minimum absolute atomic E-state index is 0.113. The highest BCUT2D eigenvalue weighted by Crippen LogP contribution is 2.21.